The molecule has 3 rings (SSSR count). The van der Waals surface area contributed by atoms with Crippen LogP contribution in [0.25, 0.3) is 11.1 Å². The smallest absolute Gasteiger partial charge is 0.319 e. The van der Waals surface area contributed by atoms with Crippen molar-refractivity contribution in [2.75, 3.05) is 31.6 Å². The van der Waals surface area contributed by atoms with Gasteiger partial charge in [0.2, 0.25) is 0 Å². The molecule has 1 fully saturated rings. The lowest BCUT2D eigenvalue weighted by atomic mass is 10.0. The number of para-hydroxylation sites is 1. The number of rotatable bonds is 12. The summed E-state index contributed by atoms with van der Waals surface area (Å²) in [4.78, 5) is 15.2. The molecule has 0 aliphatic carbocycles. The molecule has 2 aromatic carbocycles. The lowest BCUT2D eigenvalue weighted by Gasteiger charge is -2.32. The number of likely N-dealkylation sites (tertiary alicyclic amines) is 1. The average Bonchev–Trinajstić information content (AvgIpc) is 2.83. The maximum Gasteiger partial charge on any atom is 0.319 e. The van der Waals surface area contributed by atoms with E-state index in [1.54, 1.807) is 0 Å². The van der Waals surface area contributed by atoms with E-state index >= 15 is 0 Å². The average molecular weight is 438 g/mol. The minimum atomic E-state index is -0.118. The predicted molar refractivity (Wildman–Crippen MR) is 133 cm³/mol. The molecule has 3 N–H and O–H groups in total. The highest BCUT2D eigenvalue weighted by Crippen LogP contribution is 2.27. The first-order chi connectivity index (χ1) is 15.8. The Labute approximate surface area is 193 Å². The number of carbonyl (C=O) groups is 1. The number of hydrogen-bond donors (Lipinski definition) is 3. The van der Waals surface area contributed by atoms with Crippen molar-refractivity contribution in [2.45, 2.75) is 63.8 Å². The number of piperidine rings is 1. The highest BCUT2D eigenvalue weighted by atomic mass is 16.2. The summed E-state index contributed by atoms with van der Waals surface area (Å²) in [7, 11) is 0. The Hall–Kier alpha value is -2.37. The van der Waals surface area contributed by atoms with Gasteiger partial charge in [-0.1, -0.05) is 80.6 Å². The van der Waals surface area contributed by atoms with E-state index in [1.807, 2.05) is 42.5 Å². The number of aliphatic hydroxyl groups excluding tert-OH is 1. The molecule has 1 saturated heterocycles. The van der Waals surface area contributed by atoms with Crippen molar-refractivity contribution in [1.29, 1.82) is 0 Å². The van der Waals surface area contributed by atoms with Gasteiger partial charge in [0.25, 0.3) is 0 Å². The van der Waals surface area contributed by atoms with Gasteiger partial charge < -0.3 is 20.6 Å². The summed E-state index contributed by atoms with van der Waals surface area (Å²) in [5.41, 5.74) is 2.97. The minimum absolute atomic E-state index is 0.118. The molecular weight excluding hydrogens is 398 g/mol. The SMILES string of the molecule is O=C(Nc1ccccc1-c1ccccc1)NC1CCN(CCCCCCCCCO)CC1. The molecule has 0 radical (unpaired) electrons. The molecule has 1 heterocycles. The number of unbranched alkanes of at least 4 members (excludes halogenated alkanes) is 6. The number of carbonyl (C=O) groups excluding carboxylic acids is 1. The summed E-state index contributed by atoms with van der Waals surface area (Å²) < 4.78 is 0. The van der Waals surface area contributed by atoms with Gasteiger partial charge in [0.05, 0.1) is 5.69 Å². The molecular formula is C27H39N3O2. The van der Waals surface area contributed by atoms with Crippen molar-refractivity contribution < 1.29 is 9.90 Å². The maximum atomic E-state index is 12.6. The van der Waals surface area contributed by atoms with Gasteiger partial charge in [-0.2, -0.15) is 0 Å². The number of aliphatic hydroxyl groups is 1. The first-order valence-corrected chi connectivity index (χ1v) is 12.3. The van der Waals surface area contributed by atoms with E-state index in [2.05, 4.69) is 27.7 Å². The third-order valence-corrected chi connectivity index (χ3v) is 6.32. The van der Waals surface area contributed by atoms with Crippen LogP contribution in [0.3, 0.4) is 0 Å². The molecule has 0 atom stereocenters. The van der Waals surface area contributed by atoms with Crippen LogP contribution < -0.4 is 10.6 Å². The zero-order valence-electron chi connectivity index (χ0n) is 19.3. The Morgan fingerprint density at radius 2 is 1.47 bits per heavy atom. The highest BCUT2D eigenvalue weighted by molar-refractivity contribution is 5.94. The standard InChI is InChI=1S/C27H39N3O2/c31-22-12-5-3-1-2-4-11-19-30-20-17-24(18-21-30)28-27(32)29-26-16-10-9-15-25(26)23-13-7-6-8-14-23/h6-10,13-16,24,31H,1-5,11-12,17-22H2,(H2,28,29,32). The molecule has 1 aliphatic heterocycles. The van der Waals surface area contributed by atoms with E-state index in [4.69, 9.17) is 5.11 Å². The number of nitrogens with zero attached hydrogens (tertiary/aromatic N) is 1. The van der Waals surface area contributed by atoms with Crippen LogP contribution in [0, 0.1) is 0 Å². The van der Waals surface area contributed by atoms with Crippen LogP contribution in [0.4, 0.5) is 10.5 Å². The van der Waals surface area contributed by atoms with Gasteiger partial charge in [-0.15, -0.1) is 0 Å². The third kappa shape index (κ3) is 8.29. The Bertz CT molecular complexity index is 788. The van der Waals surface area contributed by atoms with E-state index in [9.17, 15) is 4.79 Å². The fourth-order valence-corrected chi connectivity index (χ4v) is 4.44. The molecule has 5 nitrogen and oxygen atoms in total. The second-order valence-corrected chi connectivity index (χ2v) is 8.82. The van der Waals surface area contributed by atoms with E-state index in [0.717, 1.165) is 55.6 Å². The van der Waals surface area contributed by atoms with E-state index in [0.29, 0.717) is 6.61 Å². The zero-order valence-corrected chi connectivity index (χ0v) is 19.3. The van der Waals surface area contributed by atoms with E-state index in [-0.39, 0.29) is 12.1 Å². The van der Waals surface area contributed by atoms with Crippen molar-refractivity contribution in [3.05, 3.63) is 54.6 Å². The molecule has 2 aromatic rings. The number of nitrogens with one attached hydrogen (secondary N) is 2. The van der Waals surface area contributed by atoms with Crippen molar-refractivity contribution in [1.82, 2.24) is 10.2 Å². The number of anilines is 1. The van der Waals surface area contributed by atoms with E-state index < -0.39 is 0 Å². The summed E-state index contributed by atoms with van der Waals surface area (Å²) in [5.74, 6) is 0. The summed E-state index contributed by atoms with van der Waals surface area (Å²) >= 11 is 0. The lowest BCUT2D eigenvalue weighted by molar-refractivity contribution is 0.193. The molecule has 5 heteroatoms. The Kier molecular flexibility index (Phi) is 10.6. The molecule has 0 spiro atoms. The van der Waals surface area contributed by atoms with Crippen LogP contribution in [-0.2, 0) is 0 Å². The van der Waals surface area contributed by atoms with Crippen LogP contribution in [0.2, 0.25) is 0 Å². The molecule has 32 heavy (non-hydrogen) atoms. The first-order valence-electron chi connectivity index (χ1n) is 12.3. The molecule has 2 amide bonds. The van der Waals surface area contributed by atoms with Crippen LogP contribution in [0.1, 0.15) is 57.8 Å². The van der Waals surface area contributed by atoms with Crippen LogP contribution >= 0.6 is 0 Å². The Morgan fingerprint density at radius 1 is 0.844 bits per heavy atom. The second-order valence-electron chi connectivity index (χ2n) is 8.82. The van der Waals surface area contributed by atoms with Gasteiger partial charge in [-0.3, -0.25) is 0 Å². The Morgan fingerprint density at radius 3 is 2.19 bits per heavy atom. The number of amides is 2. The summed E-state index contributed by atoms with van der Waals surface area (Å²) in [6.45, 7) is 3.61. The van der Waals surface area contributed by atoms with Gasteiger partial charge >= 0.3 is 6.03 Å². The van der Waals surface area contributed by atoms with Crippen molar-refractivity contribution in [3.63, 3.8) is 0 Å². The zero-order chi connectivity index (χ0) is 22.4. The molecule has 0 bridgehead atoms. The van der Waals surface area contributed by atoms with Gasteiger partial charge in [-0.25, -0.2) is 4.79 Å². The third-order valence-electron chi connectivity index (χ3n) is 6.32. The van der Waals surface area contributed by atoms with Gasteiger partial charge in [0.1, 0.15) is 0 Å². The first kappa shape index (κ1) is 24.3. The number of hydrogen-bond acceptors (Lipinski definition) is 3. The number of urea groups is 1. The monoisotopic (exact) mass is 437 g/mol. The summed E-state index contributed by atoms with van der Waals surface area (Å²) in [6.07, 6.45) is 10.5. The van der Waals surface area contributed by atoms with Gasteiger partial charge in [0.15, 0.2) is 0 Å². The quantitative estimate of drug-likeness (QED) is 0.375. The van der Waals surface area contributed by atoms with Gasteiger partial charge in [0, 0.05) is 31.3 Å². The Balaban J connectivity index is 1.33. The molecule has 1 aliphatic rings. The van der Waals surface area contributed by atoms with Crippen molar-refractivity contribution in [3.8, 4) is 11.1 Å². The maximum absolute atomic E-state index is 12.6. The minimum Gasteiger partial charge on any atom is -0.396 e. The van der Waals surface area contributed by atoms with Crippen LogP contribution in [0.15, 0.2) is 54.6 Å². The van der Waals surface area contributed by atoms with Crippen molar-refractivity contribution in [2.24, 2.45) is 0 Å². The molecule has 0 unspecified atom stereocenters. The van der Waals surface area contributed by atoms with Crippen molar-refractivity contribution >= 4 is 11.7 Å². The van der Waals surface area contributed by atoms with Gasteiger partial charge in [-0.05, 0) is 43.9 Å². The number of benzene rings is 2. The topological polar surface area (TPSA) is 64.6 Å². The van der Waals surface area contributed by atoms with Crippen LogP contribution in [0.5, 0.6) is 0 Å². The second kappa shape index (κ2) is 13.9. The summed E-state index contributed by atoms with van der Waals surface area (Å²) in [6, 6.07) is 18.2. The lowest BCUT2D eigenvalue weighted by Crippen LogP contribution is -2.46. The predicted octanol–water partition coefficient (Wildman–Crippen LogP) is 5.66. The molecule has 0 aromatic heterocycles. The fraction of sp³-hybridized carbons (Fsp3) is 0.519. The van der Waals surface area contributed by atoms with E-state index in [1.165, 1.54) is 38.6 Å². The fourth-order valence-electron chi connectivity index (χ4n) is 4.44. The highest BCUT2D eigenvalue weighted by Gasteiger charge is 2.20. The molecule has 0 saturated carbocycles. The van der Waals surface area contributed by atoms with Crippen LogP contribution in [-0.4, -0.2) is 48.3 Å². The largest absolute Gasteiger partial charge is 0.396 e. The summed E-state index contributed by atoms with van der Waals surface area (Å²) in [5, 5.41) is 15.0. The molecule has 174 valence electrons. The normalized spacial score (nSPS) is 14.9.